The number of aromatic nitrogens is 1. The normalized spacial score (nSPS) is 10.1. The molecule has 18 heavy (non-hydrogen) atoms. The van der Waals surface area contributed by atoms with Gasteiger partial charge in [0.1, 0.15) is 5.75 Å². The number of hydrogen-bond acceptors (Lipinski definition) is 3. The van der Waals surface area contributed by atoms with Crippen molar-refractivity contribution >= 4 is 39.1 Å². The van der Waals surface area contributed by atoms with Crippen LogP contribution in [0.25, 0.3) is 0 Å². The molecule has 0 aliphatic heterocycles. The van der Waals surface area contributed by atoms with E-state index in [0.29, 0.717) is 15.2 Å². The summed E-state index contributed by atoms with van der Waals surface area (Å²) in [6.07, 6.45) is 2.65. The summed E-state index contributed by atoms with van der Waals surface area (Å²) in [5.41, 5.74) is 0.729. The van der Waals surface area contributed by atoms with E-state index in [0.717, 1.165) is 0 Å². The Hall–Kier alpha value is -1.59. The maximum absolute atomic E-state index is 11.9. The van der Waals surface area contributed by atoms with Crippen molar-refractivity contribution in [1.82, 2.24) is 4.98 Å². The molecule has 1 amide bonds. The van der Waals surface area contributed by atoms with Crippen molar-refractivity contribution in [3.05, 3.63) is 51.7 Å². The Morgan fingerprint density at radius 3 is 2.83 bits per heavy atom. The lowest BCUT2D eigenvalue weighted by atomic mass is 10.2. The topological polar surface area (TPSA) is 62.2 Å². The first-order chi connectivity index (χ1) is 8.58. The molecule has 2 rings (SSSR count). The van der Waals surface area contributed by atoms with Crippen molar-refractivity contribution in [2.24, 2.45) is 0 Å². The van der Waals surface area contributed by atoms with Crippen LogP contribution in [0.5, 0.6) is 5.75 Å². The van der Waals surface area contributed by atoms with E-state index in [2.05, 4.69) is 26.2 Å². The van der Waals surface area contributed by atoms with E-state index < -0.39 is 5.91 Å². The molecular weight excluding hydrogens is 320 g/mol. The Balaban J connectivity index is 2.24. The Kier molecular flexibility index (Phi) is 3.84. The van der Waals surface area contributed by atoms with Gasteiger partial charge in [-0.1, -0.05) is 11.6 Å². The first-order valence-electron chi connectivity index (χ1n) is 4.97. The second-order valence-corrected chi connectivity index (χ2v) is 4.76. The molecule has 1 heterocycles. The molecule has 0 radical (unpaired) electrons. The van der Waals surface area contributed by atoms with Crippen LogP contribution >= 0.6 is 27.5 Å². The number of hydrogen-bond donors (Lipinski definition) is 2. The van der Waals surface area contributed by atoms with Crippen LogP contribution in [0.4, 0.5) is 5.69 Å². The Labute approximate surface area is 117 Å². The van der Waals surface area contributed by atoms with E-state index >= 15 is 0 Å². The van der Waals surface area contributed by atoms with Crippen molar-refractivity contribution in [1.29, 1.82) is 0 Å². The van der Waals surface area contributed by atoms with Gasteiger partial charge in [0.2, 0.25) is 0 Å². The fourth-order valence-corrected chi connectivity index (χ4v) is 2.14. The van der Waals surface area contributed by atoms with E-state index in [1.54, 1.807) is 18.2 Å². The lowest BCUT2D eigenvalue weighted by Gasteiger charge is -2.08. The highest BCUT2D eigenvalue weighted by atomic mass is 79.9. The number of amides is 1. The molecule has 0 unspecified atom stereocenters. The van der Waals surface area contributed by atoms with Crippen molar-refractivity contribution in [3.63, 3.8) is 0 Å². The van der Waals surface area contributed by atoms with E-state index in [1.807, 2.05) is 0 Å². The molecule has 0 spiro atoms. The SMILES string of the molecule is O=C(Nc1ccc(Cl)cc1Br)c1ccncc1O. The van der Waals surface area contributed by atoms with Gasteiger partial charge < -0.3 is 10.4 Å². The average molecular weight is 328 g/mol. The smallest absolute Gasteiger partial charge is 0.259 e. The number of nitrogens with one attached hydrogen (secondary N) is 1. The summed E-state index contributed by atoms with van der Waals surface area (Å²) in [5, 5.41) is 12.7. The highest BCUT2D eigenvalue weighted by Crippen LogP contribution is 2.27. The van der Waals surface area contributed by atoms with Crippen LogP contribution < -0.4 is 5.32 Å². The Morgan fingerprint density at radius 1 is 1.39 bits per heavy atom. The quantitative estimate of drug-likeness (QED) is 0.888. The zero-order valence-corrected chi connectivity index (χ0v) is 11.4. The van der Waals surface area contributed by atoms with Gasteiger partial charge >= 0.3 is 0 Å². The van der Waals surface area contributed by atoms with E-state index in [-0.39, 0.29) is 11.3 Å². The molecule has 0 atom stereocenters. The largest absolute Gasteiger partial charge is 0.505 e. The highest BCUT2D eigenvalue weighted by Gasteiger charge is 2.12. The first-order valence-corrected chi connectivity index (χ1v) is 6.14. The van der Waals surface area contributed by atoms with Gasteiger partial charge in [0.25, 0.3) is 5.91 Å². The number of carbonyl (C=O) groups excluding carboxylic acids is 1. The van der Waals surface area contributed by atoms with Gasteiger partial charge in [-0.05, 0) is 40.2 Å². The monoisotopic (exact) mass is 326 g/mol. The maximum atomic E-state index is 11.9. The molecule has 1 aromatic heterocycles. The van der Waals surface area contributed by atoms with Gasteiger partial charge in [0.05, 0.1) is 17.4 Å². The zero-order valence-electron chi connectivity index (χ0n) is 9.02. The number of carbonyl (C=O) groups is 1. The molecule has 1 aromatic carbocycles. The van der Waals surface area contributed by atoms with Crippen LogP contribution in [0.15, 0.2) is 41.1 Å². The zero-order chi connectivity index (χ0) is 13.1. The Morgan fingerprint density at radius 2 is 2.17 bits per heavy atom. The highest BCUT2D eigenvalue weighted by molar-refractivity contribution is 9.10. The molecule has 0 bridgehead atoms. The van der Waals surface area contributed by atoms with Crippen LogP contribution in [-0.4, -0.2) is 16.0 Å². The van der Waals surface area contributed by atoms with E-state index in [4.69, 9.17) is 11.6 Å². The van der Waals surface area contributed by atoms with Crippen molar-refractivity contribution < 1.29 is 9.90 Å². The summed E-state index contributed by atoms with van der Waals surface area (Å²) in [5.74, 6) is -0.585. The number of benzene rings is 1. The van der Waals surface area contributed by atoms with Gasteiger partial charge in [0, 0.05) is 15.7 Å². The minimum atomic E-state index is -0.419. The van der Waals surface area contributed by atoms with Gasteiger partial charge in [-0.3, -0.25) is 9.78 Å². The number of rotatable bonds is 2. The van der Waals surface area contributed by atoms with E-state index in [9.17, 15) is 9.90 Å². The third-order valence-electron chi connectivity index (χ3n) is 2.22. The molecule has 2 N–H and O–H groups in total. The number of nitrogens with zero attached hydrogens (tertiary/aromatic N) is 1. The van der Waals surface area contributed by atoms with Crippen LogP contribution in [0.2, 0.25) is 5.02 Å². The second-order valence-electron chi connectivity index (χ2n) is 3.47. The van der Waals surface area contributed by atoms with Crippen molar-refractivity contribution in [2.45, 2.75) is 0 Å². The fraction of sp³-hybridized carbons (Fsp3) is 0. The van der Waals surface area contributed by atoms with Gasteiger partial charge in [-0.2, -0.15) is 0 Å². The van der Waals surface area contributed by atoms with Gasteiger partial charge in [-0.25, -0.2) is 0 Å². The second kappa shape index (κ2) is 5.37. The average Bonchev–Trinajstić information content (AvgIpc) is 2.33. The molecule has 0 aliphatic rings. The number of aromatic hydroxyl groups is 1. The molecule has 0 saturated carbocycles. The predicted molar refractivity (Wildman–Crippen MR) is 73.0 cm³/mol. The van der Waals surface area contributed by atoms with Crippen molar-refractivity contribution in [2.75, 3.05) is 5.32 Å². The molecular formula is C12H8BrClN2O2. The van der Waals surface area contributed by atoms with Crippen LogP contribution in [-0.2, 0) is 0 Å². The lowest BCUT2D eigenvalue weighted by molar-refractivity contribution is 0.102. The van der Waals surface area contributed by atoms with Gasteiger partial charge in [-0.15, -0.1) is 0 Å². The Bertz CT molecular complexity index is 604. The summed E-state index contributed by atoms with van der Waals surface area (Å²) in [4.78, 5) is 15.6. The minimum absolute atomic E-state index is 0.159. The third-order valence-corrected chi connectivity index (χ3v) is 3.12. The first kappa shape index (κ1) is 12.9. The summed E-state index contributed by atoms with van der Waals surface area (Å²) < 4.78 is 0.664. The predicted octanol–water partition coefficient (Wildman–Crippen LogP) is 3.46. The summed E-state index contributed by atoms with van der Waals surface area (Å²) in [6.45, 7) is 0. The molecule has 6 heteroatoms. The van der Waals surface area contributed by atoms with Crippen molar-refractivity contribution in [3.8, 4) is 5.75 Å². The number of halogens is 2. The number of pyridine rings is 1. The molecule has 0 aliphatic carbocycles. The van der Waals surface area contributed by atoms with Crippen LogP contribution in [0, 0.1) is 0 Å². The molecule has 2 aromatic rings. The molecule has 92 valence electrons. The minimum Gasteiger partial charge on any atom is -0.505 e. The lowest BCUT2D eigenvalue weighted by Crippen LogP contribution is -2.12. The standard InChI is InChI=1S/C12H8BrClN2O2/c13-9-5-7(14)1-2-10(9)16-12(18)8-3-4-15-6-11(8)17/h1-6,17H,(H,16,18). The van der Waals surface area contributed by atoms with E-state index in [1.165, 1.54) is 18.5 Å². The summed E-state index contributed by atoms with van der Waals surface area (Å²) in [7, 11) is 0. The molecule has 0 saturated heterocycles. The van der Waals surface area contributed by atoms with Gasteiger partial charge in [0.15, 0.2) is 0 Å². The van der Waals surface area contributed by atoms with Crippen LogP contribution in [0.1, 0.15) is 10.4 Å². The summed E-state index contributed by atoms with van der Waals surface area (Å²) in [6, 6.07) is 6.44. The van der Waals surface area contributed by atoms with Crippen LogP contribution in [0.3, 0.4) is 0 Å². The third kappa shape index (κ3) is 2.80. The molecule has 4 nitrogen and oxygen atoms in total. The fourth-order valence-electron chi connectivity index (χ4n) is 1.36. The summed E-state index contributed by atoms with van der Waals surface area (Å²) >= 11 is 9.10. The maximum Gasteiger partial charge on any atom is 0.259 e. The molecule has 0 fully saturated rings. The number of anilines is 1.